The zero-order valence-electron chi connectivity index (χ0n) is 11.2. The van der Waals surface area contributed by atoms with E-state index in [1.54, 1.807) is 0 Å². The van der Waals surface area contributed by atoms with Gasteiger partial charge in [0.15, 0.2) is 0 Å². The van der Waals surface area contributed by atoms with E-state index in [4.69, 9.17) is 5.73 Å². The predicted octanol–water partition coefficient (Wildman–Crippen LogP) is 2.08. The number of aryl methyl sites for hydroxylation is 1. The van der Waals surface area contributed by atoms with Gasteiger partial charge in [0, 0.05) is 25.0 Å². The Kier molecular flexibility index (Phi) is 4.16. The predicted molar refractivity (Wildman–Crippen MR) is 78.4 cm³/mol. The van der Waals surface area contributed by atoms with Crippen LogP contribution in [-0.2, 0) is 4.79 Å². The van der Waals surface area contributed by atoms with E-state index in [0.29, 0.717) is 11.8 Å². The Morgan fingerprint density at radius 1 is 1.37 bits per heavy atom. The number of nitrogens with two attached hydrogens (primary N) is 1. The maximum absolute atomic E-state index is 12.3. The van der Waals surface area contributed by atoms with Crippen molar-refractivity contribution in [3.05, 3.63) is 35.4 Å². The molecular weight excluding hydrogens is 260 g/mol. The standard InChI is InChI=1S/C15H20N2O.ClH/c1-10-4-2-3-5-12(10)13-8-14(13)15(18)17-7-6-11(16)9-17;/h2-5,11,13-14H,6-9,16H2,1H3;1H/t11-,13?,14?;/m1./s1. The first-order chi connectivity index (χ1) is 8.66. The fraction of sp³-hybridized carbons (Fsp3) is 0.533. The fourth-order valence-corrected chi connectivity index (χ4v) is 3.04. The number of carbonyl (C=O) groups excluding carboxylic acids is 1. The molecule has 2 aliphatic rings. The summed E-state index contributed by atoms with van der Waals surface area (Å²) in [5, 5.41) is 0. The summed E-state index contributed by atoms with van der Waals surface area (Å²) in [6.45, 7) is 3.72. The van der Waals surface area contributed by atoms with Crippen LogP contribution in [0.4, 0.5) is 0 Å². The highest BCUT2D eigenvalue weighted by Gasteiger charge is 2.46. The molecule has 104 valence electrons. The van der Waals surface area contributed by atoms with Crippen LogP contribution in [0.1, 0.15) is 29.9 Å². The second kappa shape index (κ2) is 5.51. The Balaban J connectivity index is 0.00000133. The lowest BCUT2D eigenvalue weighted by Gasteiger charge is -2.16. The summed E-state index contributed by atoms with van der Waals surface area (Å²) < 4.78 is 0. The largest absolute Gasteiger partial charge is 0.341 e. The SMILES string of the molecule is Cc1ccccc1C1CC1C(=O)N1CC[C@@H](N)C1.Cl. The van der Waals surface area contributed by atoms with Crippen molar-refractivity contribution in [1.82, 2.24) is 4.90 Å². The summed E-state index contributed by atoms with van der Waals surface area (Å²) in [7, 11) is 0. The molecule has 4 heteroatoms. The number of hydrogen-bond donors (Lipinski definition) is 1. The highest BCUT2D eigenvalue weighted by atomic mass is 35.5. The van der Waals surface area contributed by atoms with Crippen molar-refractivity contribution in [2.24, 2.45) is 11.7 Å². The molecule has 3 rings (SSSR count). The number of halogens is 1. The van der Waals surface area contributed by atoms with Crippen molar-refractivity contribution in [3.8, 4) is 0 Å². The number of amides is 1. The molecule has 2 fully saturated rings. The number of hydrogen-bond acceptors (Lipinski definition) is 2. The number of likely N-dealkylation sites (tertiary alicyclic amines) is 1. The molecule has 1 aliphatic heterocycles. The first-order valence-electron chi connectivity index (χ1n) is 6.76. The monoisotopic (exact) mass is 280 g/mol. The van der Waals surface area contributed by atoms with Crippen molar-refractivity contribution >= 4 is 18.3 Å². The van der Waals surface area contributed by atoms with Gasteiger partial charge in [-0.25, -0.2) is 0 Å². The van der Waals surface area contributed by atoms with Crippen LogP contribution in [-0.4, -0.2) is 29.9 Å². The molecule has 1 amide bonds. The first-order valence-corrected chi connectivity index (χ1v) is 6.76. The van der Waals surface area contributed by atoms with E-state index in [2.05, 4.69) is 31.2 Å². The van der Waals surface area contributed by atoms with Crippen molar-refractivity contribution in [2.75, 3.05) is 13.1 Å². The van der Waals surface area contributed by atoms with Gasteiger partial charge in [0.25, 0.3) is 0 Å². The van der Waals surface area contributed by atoms with Gasteiger partial charge >= 0.3 is 0 Å². The van der Waals surface area contributed by atoms with Gasteiger partial charge in [-0.2, -0.15) is 0 Å². The summed E-state index contributed by atoms with van der Waals surface area (Å²) in [6.07, 6.45) is 1.96. The summed E-state index contributed by atoms with van der Waals surface area (Å²) in [4.78, 5) is 14.3. The summed E-state index contributed by atoms with van der Waals surface area (Å²) in [5.74, 6) is 0.961. The Hall–Kier alpha value is -1.06. The third kappa shape index (κ3) is 2.77. The minimum Gasteiger partial charge on any atom is -0.341 e. The highest BCUT2D eigenvalue weighted by Crippen LogP contribution is 2.49. The van der Waals surface area contributed by atoms with E-state index >= 15 is 0 Å². The van der Waals surface area contributed by atoms with E-state index in [1.807, 2.05) is 4.90 Å². The van der Waals surface area contributed by atoms with Gasteiger partial charge in [0.1, 0.15) is 0 Å². The first kappa shape index (κ1) is 14.4. The van der Waals surface area contributed by atoms with Crippen LogP contribution in [0.3, 0.4) is 0 Å². The Labute approximate surface area is 120 Å². The number of rotatable bonds is 2. The molecule has 2 N–H and O–H groups in total. The van der Waals surface area contributed by atoms with Crippen molar-refractivity contribution < 1.29 is 4.79 Å². The Bertz CT molecular complexity index is 477. The average molecular weight is 281 g/mol. The fourth-order valence-electron chi connectivity index (χ4n) is 3.04. The third-order valence-corrected chi connectivity index (χ3v) is 4.23. The van der Waals surface area contributed by atoms with Crippen molar-refractivity contribution in [2.45, 2.75) is 31.7 Å². The number of benzene rings is 1. The van der Waals surface area contributed by atoms with E-state index in [0.717, 1.165) is 25.9 Å². The Morgan fingerprint density at radius 2 is 2.11 bits per heavy atom. The van der Waals surface area contributed by atoms with Crippen LogP contribution in [0.2, 0.25) is 0 Å². The summed E-state index contributed by atoms with van der Waals surface area (Å²) in [6, 6.07) is 8.58. The van der Waals surface area contributed by atoms with Crippen LogP contribution in [0, 0.1) is 12.8 Å². The van der Waals surface area contributed by atoms with E-state index < -0.39 is 0 Å². The molecule has 1 saturated carbocycles. The quantitative estimate of drug-likeness (QED) is 0.902. The van der Waals surface area contributed by atoms with Crippen LogP contribution in [0.25, 0.3) is 0 Å². The number of carbonyl (C=O) groups is 1. The van der Waals surface area contributed by atoms with Gasteiger partial charge in [-0.05, 0) is 36.8 Å². The van der Waals surface area contributed by atoms with Crippen molar-refractivity contribution in [3.63, 3.8) is 0 Å². The molecule has 1 aromatic carbocycles. The Morgan fingerprint density at radius 3 is 2.74 bits per heavy atom. The maximum Gasteiger partial charge on any atom is 0.226 e. The van der Waals surface area contributed by atoms with Gasteiger partial charge in [-0.3, -0.25) is 4.79 Å². The topological polar surface area (TPSA) is 46.3 Å². The molecule has 1 heterocycles. The summed E-state index contributed by atoms with van der Waals surface area (Å²) in [5.41, 5.74) is 8.51. The average Bonchev–Trinajstić information content (AvgIpc) is 3.03. The minimum atomic E-state index is 0. The lowest BCUT2D eigenvalue weighted by Crippen LogP contribution is -2.33. The molecule has 1 saturated heterocycles. The molecule has 19 heavy (non-hydrogen) atoms. The molecule has 2 unspecified atom stereocenters. The molecule has 0 aromatic heterocycles. The van der Waals surface area contributed by atoms with E-state index in [1.165, 1.54) is 11.1 Å². The molecule has 1 aromatic rings. The van der Waals surface area contributed by atoms with Gasteiger partial charge in [0.2, 0.25) is 5.91 Å². The normalized spacial score (nSPS) is 28.9. The molecule has 0 spiro atoms. The lowest BCUT2D eigenvalue weighted by atomic mass is 10.0. The van der Waals surface area contributed by atoms with Gasteiger partial charge in [-0.15, -0.1) is 12.4 Å². The maximum atomic E-state index is 12.3. The molecule has 3 nitrogen and oxygen atoms in total. The van der Waals surface area contributed by atoms with Crippen molar-refractivity contribution in [1.29, 1.82) is 0 Å². The van der Waals surface area contributed by atoms with Crippen LogP contribution in [0.5, 0.6) is 0 Å². The molecule has 0 bridgehead atoms. The minimum absolute atomic E-state index is 0. The third-order valence-electron chi connectivity index (χ3n) is 4.23. The van der Waals surface area contributed by atoms with Gasteiger partial charge in [-0.1, -0.05) is 24.3 Å². The van der Waals surface area contributed by atoms with Crippen LogP contribution in [0.15, 0.2) is 24.3 Å². The second-order valence-electron chi connectivity index (χ2n) is 5.64. The van der Waals surface area contributed by atoms with Crippen LogP contribution >= 0.6 is 12.4 Å². The molecular formula is C15H21ClN2O. The summed E-state index contributed by atoms with van der Waals surface area (Å²) >= 11 is 0. The second-order valence-corrected chi connectivity index (χ2v) is 5.64. The van der Waals surface area contributed by atoms with Gasteiger partial charge in [0.05, 0.1) is 0 Å². The van der Waals surface area contributed by atoms with E-state index in [-0.39, 0.29) is 24.4 Å². The lowest BCUT2D eigenvalue weighted by molar-refractivity contribution is -0.131. The van der Waals surface area contributed by atoms with Crippen LogP contribution < -0.4 is 5.73 Å². The number of nitrogens with zero attached hydrogens (tertiary/aromatic N) is 1. The zero-order valence-corrected chi connectivity index (χ0v) is 12.0. The van der Waals surface area contributed by atoms with E-state index in [9.17, 15) is 4.79 Å². The molecule has 3 atom stereocenters. The van der Waals surface area contributed by atoms with Gasteiger partial charge < -0.3 is 10.6 Å². The highest BCUT2D eigenvalue weighted by molar-refractivity contribution is 5.85. The smallest absolute Gasteiger partial charge is 0.226 e. The molecule has 0 radical (unpaired) electrons. The molecule has 1 aliphatic carbocycles. The zero-order chi connectivity index (χ0) is 12.7.